The predicted octanol–water partition coefficient (Wildman–Crippen LogP) is 4.83. The fourth-order valence-corrected chi connectivity index (χ4v) is 3.68. The van der Waals surface area contributed by atoms with Gasteiger partial charge in [0.15, 0.2) is 0 Å². The SMILES string of the molecule is Cc1nn2c(F)ccc2cc1C1=NC(C)(C)C(C)(C)c2c(F)cccc21. The number of halogens is 2. The monoisotopic (exact) mass is 353 g/mol. The Kier molecular flexibility index (Phi) is 3.39. The summed E-state index contributed by atoms with van der Waals surface area (Å²) in [5, 5.41) is 4.36. The molecule has 134 valence electrons. The fourth-order valence-electron chi connectivity index (χ4n) is 3.68. The van der Waals surface area contributed by atoms with Gasteiger partial charge in [0.05, 0.1) is 22.5 Å². The van der Waals surface area contributed by atoms with Crippen molar-refractivity contribution in [3.63, 3.8) is 0 Å². The van der Waals surface area contributed by atoms with Crippen LogP contribution in [-0.4, -0.2) is 20.9 Å². The van der Waals surface area contributed by atoms with Crippen LogP contribution in [0.25, 0.3) is 5.52 Å². The molecule has 0 saturated heterocycles. The van der Waals surface area contributed by atoms with Crippen molar-refractivity contribution in [2.24, 2.45) is 4.99 Å². The van der Waals surface area contributed by atoms with E-state index in [4.69, 9.17) is 4.99 Å². The van der Waals surface area contributed by atoms with Gasteiger partial charge in [-0.3, -0.25) is 4.99 Å². The molecule has 0 aliphatic carbocycles. The first kappa shape index (κ1) is 16.9. The van der Waals surface area contributed by atoms with E-state index in [0.29, 0.717) is 22.5 Å². The molecule has 2 aromatic heterocycles. The number of rotatable bonds is 1. The minimum Gasteiger partial charge on any atom is -0.277 e. The van der Waals surface area contributed by atoms with Crippen molar-refractivity contribution >= 4 is 11.2 Å². The lowest BCUT2D eigenvalue weighted by molar-refractivity contribution is 0.293. The molecule has 4 rings (SSSR count). The van der Waals surface area contributed by atoms with E-state index in [1.54, 1.807) is 12.1 Å². The van der Waals surface area contributed by atoms with Crippen molar-refractivity contribution in [3.05, 3.63) is 70.5 Å². The zero-order valence-corrected chi connectivity index (χ0v) is 15.6. The Hall–Kier alpha value is -2.56. The number of aryl methyl sites for hydroxylation is 1. The maximum absolute atomic E-state index is 14.8. The lowest BCUT2D eigenvalue weighted by atomic mass is 9.65. The Bertz CT molecular complexity index is 1070. The van der Waals surface area contributed by atoms with Crippen molar-refractivity contribution in [1.29, 1.82) is 0 Å². The first-order chi connectivity index (χ1) is 12.1. The summed E-state index contributed by atoms with van der Waals surface area (Å²) in [6.45, 7) is 9.89. The molecule has 1 aliphatic rings. The summed E-state index contributed by atoms with van der Waals surface area (Å²) in [6, 6.07) is 10.0. The molecule has 0 unspecified atom stereocenters. The van der Waals surface area contributed by atoms with Gasteiger partial charge in [0.25, 0.3) is 0 Å². The van der Waals surface area contributed by atoms with E-state index in [1.807, 2.05) is 46.8 Å². The summed E-state index contributed by atoms with van der Waals surface area (Å²) >= 11 is 0. The van der Waals surface area contributed by atoms with Gasteiger partial charge in [0.1, 0.15) is 5.82 Å². The molecule has 3 aromatic rings. The second kappa shape index (κ2) is 5.22. The minimum absolute atomic E-state index is 0.228. The topological polar surface area (TPSA) is 29.7 Å². The molecule has 26 heavy (non-hydrogen) atoms. The molecular formula is C21H21F2N3. The van der Waals surface area contributed by atoms with Crippen LogP contribution in [0.3, 0.4) is 0 Å². The first-order valence-electron chi connectivity index (χ1n) is 8.68. The lowest BCUT2D eigenvalue weighted by Crippen LogP contribution is -2.47. The number of hydrogen-bond donors (Lipinski definition) is 0. The number of benzene rings is 1. The van der Waals surface area contributed by atoms with E-state index in [9.17, 15) is 8.78 Å². The van der Waals surface area contributed by atoms with Crippen LogP contribution in [0.5, 0.6) is 0 Å². The molecule has 0 saturated carbocycles. The van der Waals surface area contributed by atoms with E-state index in [0.717, 1.165) is 11.1 Å². The highest BCUT2D eigenvalue weighted by Crippen LogP contribution is 2.45. The van der Waals surface area contributed by atoms with Crippen molar-refractivity contribution in [1.82, 2.24) is 9.61 Å². The molecule has 0 bridgehead atoms. The highest BCUT2D eigenvalue weighted by molar-refractivity contribution is 6.16. The number of nitrogens with zero attached hydrogens (tertiary/aromatic N) is 3. The van der Waals surface area contributed by atoms with Crippen LogP contribution in [0, 0.1) is 18.7 Å². The molecule has 1 aromatic carbocycles. The lowest BCUT2D eigenvalue weighted by Gasteiger charge is -2.44. The third kappa shape index (κ3) is 2.16. The van der Waals surface area contributed by atoms with Crippen LogP contribution in [0.4, 0.5) is 8.78 Å². The Labute approximate surface area is 151 Å². The Balaban J connectivity index is 2.05. The van der Waals surface area contributed by atoms with Crippen LogP contribution < -0.4 is 0 Å². The molecular weight excluding hydrogens is 332 g/mol. The molecule has 3 nitrogen and oxygen atoms in total. The van der Waals surface area contributed by atoms with Gasteiger partial charge < -0.3 is 0 Å². The number of hydrogen-bond acceptors (Lipinski definition) is 2. The average Bonchev–Trinajstić information content (AvgIpc) is 2.91. The summed E-state index contributed by atoms with van der Waals surface area (Å²) in [5.41, 5.74) is 3.26. The van der Waals surface area contributed by atoms with Crippen LogP contribution in [0.15, 0.2) is 41.4 Å². The second-order valence-electron chi connectivity index (χ2n) is 7.94. The second-order valence-corrected chi connectivity index (χ2v) is 7.94. The van der Waals surface area contributed by atoms with Gasteiger partial charge in [-0.1, -0.05) is 26.0 Å². The zero-order chi connectivity index (χ0) is 18.9. The van der Waals surface area contributed by atoms with E-state index in [-0.39, 0.29) is 5.82 Å². The predicted molar refractivity (Wildman–Crippen MR) is 99.0 cm³/mol. The average molecular weight is 353 g/mol. The maximum Gasteiger partial charge on any atom is 0.214 e. The Morgan fingerprint density at radius 3 is 2.42 bits per heavy atom. The maximum atomic E-state index is 14.8. The van der Waals surface area contributed by atoms with Gasteiger partial charge in [0, 0.05) is 22.1 Å². The molecule has 0 atom stereocenters. The van der Waals surface area contributed by atoms with Crippen LogP contribution in [-0.2, 0) is 5.41 Å². The van der Waals surface area contributed by atoms with Gasteiger partial charge in [-0.15, -0.1) is 0 Å². The normalized spacial score (nSPS) is 17.9. The van der Waals surface area contributed by atoms with E-state index in [1.165, 1.54) is 16.6 Å². The van der Waals surface area contributed by atoms with Crippen molar-refractivity contribution in [2.45, 2.75) is 45.6 Å². The summed E-state index contributed by atoms with van der Waals surface area (Å²) in [5.74, 6) is -0.637. The number of fused-ring (bicyclic) bond motifs is 2. The van der Waals surface area contributed by atoms with Gasteiger partial charge >= 0.3 is 0 Å². The Morgan fingerprint density at radius 2 is 1.69 bits per heavy atom. The highest BCUT2D eigenvalue weighted by atomic mass is 19.1. The third-order valence-corrected chi connectivity index (χ3v) is 5.84. The van der Waals surface area contributed by atoms with E-state index >= 15 is 0 Å². The van der Waals surface area contributed by atoms with Crippen molar-refractivity contribution in [2.75, 3.05) is 0 Å². The van der Waals surface area contributed by atoms with Crippen molar-refractivity contribution in [3.8, 4) is 0 Å². The summed E-state index contributed by atoms with van der Waals surface area (Å²) in [7, 11) is 0. The van der Waals surface area contributed by atoms with Crippen molar-refractivity contribution < 1.29 is 8.78 Å². The summed E-state index contributed by atoms with van der Waals surface area (Å²) < 4.78 is 29.9. The fraction of sp³-hybridized carbons (Fsp3) is 0.333. The molecule has 0 fully saturated rings. The van der Waals surface area contributed by atoms with E-state index < -0.39 is 16.9 Å². The zero-order valence-electron chi connectivity index (χ0n) is 15.6. The van der Waals surface area contributed by atoms with E-state index in [2.05, 4.69) is 5.10 Å². The molecule has 0 N–H and O–H groups in total. The van der Waals surface area contributed by atoms with Gasteiger partial charge in [-0.25, -0.2) is 8.91 Å². The van der Waals surface area contributed by atoms with Gasteiger partial charge in [-0.05, 0) is 45.0 Å². The Morgan fingerprint density at radius 1 is 0.962 bits per heavy atom. The molecule has 0 radical (unpaired) electrons. The largest absolute Gasteiger partial charge is 0.277 e. The number of aliphatic imine (C=N–C) groups is 1. The quantitative estimate of drug-likeness (QED) is 0.616. The molecule has 3 heterocycles. The molecule has 0 amide bonds. The standard InChI is InChI=1S/C21H21F2N3/c1-12-15(11-13-9-10-17(23)26(13)25-12)19-14-7-6-8-16(22)18(14)20(2,3)21(4,5)24-19/h6-11H,1-5H3. The number of aromatic nitrogens is 2. The van der Waals surface area contributed by atoms with Crippen LogP contribution in [0.2, 0.25) is 0 Å². The molecule has 0 spiro atoms. The summed E-state index contributed by atoms with van der Waals surface area (Å²) in [6.07, 6.45) is 0. The minimum atomic E-state index is -0.511. The van der Waals surface area contributed by atoms with Gasteiger partial charge in [-0.2, -0.15) is 9.49 Å². The van der Waals surface area contributed by atoms with Crippen LogP contribution >= 0.6 is 0 Å². The molecule has 5 heteroatoms. The third-order valence-electron chi connectivity index (χ3n) is 5.84. The smallest absolute Gasteiger partial charge is 0.214 e. The highest BCUT2D eigenvalue weighted by Gasteiger charge is 2.45. The van der Waals surface area contributed by atoms with Crippen LogP contribution in [0.1, 0.15) is 50.1 Å². The first-order valence-corrected chi connectivity index (χ1v) is 8.68. The van der Waals surface area contributed by atoms with Gasteiger partial charge in [0.2, 0.25) is 5.95 Å². The molecule has 1 aliphatic heterocycles. The summed E-state index contributed by atoms with van der Waals surface area (Å²) in [4.78, 5) is 5.00.